The van der Waals surface area contributed by atoms with Crippen LogP contribution in [0.5, 0.6) is 0 Å². The van der Waals surface area contributed by atoms with Gasteiger partial charge >= 0.3 is 0 Å². The molecule has 0 radical (unpaired) electrons. The Morgan fingerprint density at radius 2 is 1.95 bits per heavy atom. The van der Waals surface area contributed by atoms with E-state index < -0.39 is 0 Å². The fourth-order valence-electron chi connectivity index (χ4n) is 2.17. The summed E-state index contributed by atoms with van der Waals surface area (Å²) in [6.07, 6.45) is 0. The first-order valence-electron chi connectivity index (χ1n) is 6.30. The van der Waals surface area contributed by atoms with E-state index in [1.165, 1.54) is 17.2 Å². The van der Waals surface area contributed by atoms with E-state index >= 15 is 0 Å². The Morgan fingerprint density at radius 3 is 2.63 bits per heavy atom. The third-order valence-electron chi connectivity index (χ3n) is 3.19. The van der Waals surface area contributed by atoms with Gasteiger partial charge in [0.05, 0.1) is 0 Å². The topological polar surface area (TPSA) is 12.0 Å². The highest BCUT2D eigenvalue weighted by atomic mass is 79.9. The molecule has 0 bridgehead atoms. The average molecular weight is 322 g/mol. The van der Waals surface area contributed by atoms with Crippen molar-refractivity contribution in [3.63, 3.8) is 0 Å². The Hall–Kier alpha value is -1.19. The maximum Gasteiger partial charge on any atom is 0.124 e. The van der Waals surface area contributed by atoms with E-state index in [4.69, 9.17) is 0 Å². The van der Waals surface area contributed by atoms with Gasteiger partial charge in [-0.2, -0.15) is 0 Å². The molecule has 0 saturated heterocycles. The molecule has 0 fully saturated rings. The highest BCUT2D eigenvalue weighted by molar-refractivity contribution is 9.10. The van der Waals surface area contributed by atoms with E-state index in [0.29, 0.717) is 6.54 Å². The molecule has 1 N–H and O–H groups in total. The Labute approximate surface area is 122 Å². The first-order valence-corrected chi connectivity index (χ1v) is 7.09. The summed E-state index contributed by atoms with van der Waals surface area (Å²) in [5, 5.41) is 3.42. The van der Waals surface area contributed by atoms with Crippen LogP contribution in [-0.2, 0) is 6.54 Å². The predicted molar refractivity (Wildman–Crippen MR) is 80.5 cm³/mol. The maximum absolute atomic E-state index is 13.3. The highest BCUT2D eigenvalue weighted by Gasteiger charge is 2.07. The number of hydrogen-bond donors (Lipinski definition) is 1. The third kappa shape index (κ3) is 3.88. The zero-order valence-corrected chi connectivity index (χ0v) is 12.7. The Bertz CT molecular complexity index is 548. The summed E-state index contributed by atoms with van der Waals surface area (Å²) >= 11 is 3.31. The molecule has 2 aromatic rings. The molecule has 0 spiro atoms. The molecule has 0 aliphatic rings. The molecule has 19 heavy (non-hydrogen) atoms. The first kappa shape index (κ1) is 14.2. The van der Waals surface area contributed by atoms with Crippen molar-refractivity contribution in [2.45, 2.75) is 26.4 Å². The number of rotatable bonds is 4. The Morgan fingerprint density at radius 1 is 1.21 bits per heavy atom. The van der Waals surface area contributed by atoms with Gasteiger partial charge in [-0.25, -0.2) is 4.39 Å². The fourth-order valence-corrected chi connectivity index (χ4v) is 2.68. The van der Waals surface area contributed by atoms with Crippen molar-refractivity contribution in [2.75, 3.05) is 0 Å². The molecule has 1 atom stereocenters. The fraction of sp³-hybridized carbons (Fsp3) is 0.250. The minimum Gasteiger partial charge on any atom is -0.306 e. The van der Waals surface area contributed by atoms with E-state index in [1.54, 1.807) is 6.07 Å². The van der Waals surface area contributed by atoms with Crippen LogP contribution in [0.1, 0.15) is 29.7 Å². The van der Waals surface area contributed by atoms with E-state index in [-0.39, 0.29) is 11.9 Å². The van der Waals surface area contributed by atoms with Crippen molar-refractivity contribution in [3.05, 3.63) is 69.4 Å². The van der Waals surface area contributed by atoms with Gasteiger partial charge in [0.25, 0.3) is 0 Å². The molecular weight excluding hydrogens is 305 g/mol. The summed E-state index contributed by atoms with van der Waals surface area (Å²) in [7, 11) is 0. The largest absolute Gasteiger partial charge is 0.306 e. The Balaban J connectivity index is 2.04. The second-order valence-corrected chi connectivity index (χ2v) is 5.65. The van der Waals surface area contributed by atoms with E-state index in [2.05, 4.69) is 47.2 Å². The smallest absolute Gasteiger partial charge is 0.124 e. The van der Waals surface area contributed by atoms with E-state index in [0.717, 1.165) is 10.0 Å². The summed E-state index contributed by atoms with van der Waals surface area (Å²) in [5.41, 5.74) is 3.48. The zero-order valence-electron chi connectivity index (χ0n) is 11.1. The lowest BCUT2D eigenvalue weighted by Gasteiger charge is -2.16. The minimum absolute atomic E-state index is 0.213. The zero-order chi connectivity index (χ0) is 13.8. The van der Waals surface area contributed by atoms with Gasteiger partial charge < -0.3 is 5.32 Å². The predicted octanol–water partition coefficient (Wildman–Crippen LogP) is 4.75. The van der Waals surface area contributed by atoms with Crippen LogP contribution >= 0.6 is 15.9 Å². The monoisotopic (exact) mass is 321 g/mol. The average Bonchev–Trinajstić information content (AvgIpc) is 2.35. The molecule has 0 amide bonds. The van der Waals surface area contributed by atoms with Crippen LogP contribution in [-0.4, -0.2) is 0 Å². The second-order valence-electron chi connectivity index (χ2n) is 4.74. The van der Waals surface area contributed by atoms with Crippen LogP contribution in [0, 0.1) is 12.7 Å². The van der Waals surface area contributed by atoms with Crippen LogP contribution < -0.4 is 5.32 Å². The van der Waals surface area contributed by atoms with Crippen LogP contribution in [0.3, 0.4) is 0 Å². The van der Waals surface area contributed by atoms with Crippen molar-refractivity contribution >= 4 is 15.9 Å². The van der Waals surface area contributed by atoms with Gasteiger partial charge in [0.1, 0.15) is 5.82 Å². The quantitative estimate of drug-likeness (QED) is 0.857. The molecule has 2 aromatic carbocycles. The number of aryl methyl sites for hydroxylation is 1. The summed E-state index contributed by atoms with van der Waals surface area (Å²) in [6, 6.07) is 13.5. The van der Waals surface area contributed by atoms with Gasteiger partial charge in [-0.05, 0) is 48.7 Å². The van der Waals surface area contributed by atoms with Gasteiger partial charge in [0.15, 0.2) is 0 Å². The molecule has 100 valence electrons. The molecule has 3 heteroatoms. The lowest BCUT2D eigenvalue weighted by Crippen LogP contribution is -2.19. The summed E-state index contributed by atoms with van der Waals surface area (Å²) in [4.78, 5) is 0. The molecule has 0 saturated carbocycles. The van der Waals surface area contributed by atoms with Crippen LogP contribution in [0.4, 0.5) is 4.39 Å². The van der Waals surface area contributed by atoms with Gasteiger partial charge in [0.2, 0.25) is 0 Å². The van der Waals surface area contributed by atoms with E-state index in [9.17, 15) is 4.39 Å². The van der Waals surface area contributed by atoms with Crippen molar-refractivity contribution < 1.29 is 4.39 Å². The number of hydrogen-bond acceptors (Lipinski definition) is 1. The van der Waals surface area contributed by atoms with Crippen molar-refractivity contribution in [2.24, 2.45) is 0 Å². The van der Waals surface area contributed by atoms with Gasteiger partial charge in [-0.15, -0.1) is 0 Å². The van der Waals surface area contributed by atoms with Crippen molar-refractivity contribution in [1.29, 1.82) is 0 Å². The van der Waals surface area contributed by atoms with E-state index in [1.807, 2.05) is 18.2 Å². The molecule has 1 nitrogen and oxygen atoms in total. The molecule has 0 unspecified atom stereocenters. The second kappa shape index (κ2) is 6.31. The highest BCUT2D eigenvalue weighted by Crippen LogP contribution is 2.19. The van der Waals surface area contributed by atoms with Crippen LogP contribution in [0.25, 0.3) is 0 Å². The summed E-state index contributed by atoms with van der Waals surface area (Å²) in [6.45, 7) is 4.87. The minimum atomic E-state index is -0.213. The molecular formula is C16H17BrFN. The molecule has 0 aliphatic heterocycles. The number of halogens is 2. The van der Waals surface area contributed by atoms with Gasteiger partial charge in [-0.1, -0.05) is 40.2 Å². The molecule has 2 rings (SSSR count). The van der Waals surface area contributed by atoms with Crippen molar-refractivity contribution in [1.82, 2.24) is 5.32 Å². The summed E-state index contributed by atoms with van der Waals surface area (Å²) < 4.78 is 14.1. The van der Waals surface area contributed by atoms with Crippen LogP contribution in [0.15, 0.2) is 46.9 Å². The van der Waals surface area contributed by atoms with Crippen LogP contribution in [0.2, 0.25) is 0 Å². The standard InChI is InChI=1S/C16H17BrFN/c1-11-5-3-4-6-16(11)12(2)19-10-13-7-14(17)9-15(18)8-13/h3-9,12,19H,10H2,1-2H3/t12-/m1/s1. The molecule has 0 aromatic heterocycles. The maximum atomic E-state index is 13.3. The van der Waals surface area contributed by atoms with Gasteiger partial charge in [-0.3, -0.25) is 0 Å². The van der Waals surface area contributed by atoms with Crippen molar-refractivity contribution in [3.8, 4) is 0 Å². The lowest BCUT2D eigenvalue weighted by molar-refractivity contribution is 0.567. The Kier molecular flexibility index (Phi) is 4.72. The molecule has 0 heterocycles. The SMILES string of the molecule is Cc1ccccc1[C@@H](C)NCc1cc(F)cc(Br)c1. The number of benzene rings is 2. The van der Waals surface area contributed by atoms with Gasteiger partial charge in [0, 0.05) is 17.1 Å². The lowest BCUT2D eigenvalue weighted by atomic mass is 10.0. The molecule has 0 aliphatic carbocycles. The summed E-state index contributed by atoms with van der Waals surface area (Å²) in [5.74, 6) is -0.213. The normalized spacial score (nSPS) is 12.4. The number of nitrogens with one attached hydrogen (secondary N) is 1. The third-order valence-corrected chi connectivity index (χ3v) is 3.65. The first-order chi connectivity index (χ1) is 9.06.